The summed E-state index contributed by atoms with van der Waals surface area (Å²) >= 11 is 16.0. The minimum atomic E-state index is -0.296. The Bertz CT molecular complexity index is 1170. The standard InChI is InChI=1S/C24H19BrCl2N2O4/c1-32-17-9-15(20(25)21(27)22(17)33-11-12-2-6-16(26)7-3-12)10-28-29-23(30)18-13-4-5-14(8-13)19(18)24(29)31/h2-7,9-10,13-14,18-19H,8,11H2,1H3/t13-,14-,18-,19+/m0/s1. The van der Waals surface area contributed by atoms with E-state index in [9.17, 15) is 9.59 Å². The lowest BCUT2D eigenvalue weighted by Crippen LogP contribution is -2.28. The number of amides is 2. The molecule has 0 aromatic heterocycles. The van der Waals surface area contributed by atoms with Gasteiger partial charge >= 0.3 is 0 Å². The van der Waals surface area contributed by atoms with E-state index in [1.165, 1.54) is 13.3 Å². The maximum absolute atomic E-state index is 12.8. The van der Waals surface area contributed by atoms with Crippen LogP contribution in [0.25, 0.3) is 0 Å². The highest BCUT2D eigenvalue weighted by Crippen LogP contribution is 2.52. The number of halogens is 3. The smallest absolute Gasteiger partial charge is 0.254 e. The van der Waals surface area contributed by atoms with Gasteiger partial charge in [0.2, 0.25) is 0 Å². The highest BCUT2D eigenvalue weighted by Gasteiger charge is 2.59. The Kier molecular flexibility index (Phi) is 5.97. The van der Waals surface area contributed by atoms with E-state index >= 15 is 0 Å². The Morgan fingerprint density at radius 2 is 1.76 bits per heavy atom. The molecule has 1 heterocycles. The third-order valence-electron chi connectivity index (χ3n) is 6.43. The summed E-state index contributed by atoms with van der Waals surface area (Å²) in [6, 6.07) is 8.98. The number of rotatable bonds is 6. The van der Waals surface area contributed by atoms with Gasteiger partial charge in [-0.05, 0) is 57.9 Å². The van der Waals surface area contributed by atoms with Gasteiger partial charge in [-0.1, -0.05) is 47.5 Å². The molecule has 2 aromatic rings. The predicted molar refractivity (Wildman–Crippen MR) is 129 cm³/mol. The molecule has 9 heteroatoms. The number of hydrogen-bond donors (Lipinski definition) is 0. The van der Waals surface area contributed by atoms with Crippen LogP contribution in [0.5, 0.6) is 11.5 Å². The fraction of sp³-hybridized carbons (Fsp3) is 0.292. The second-order valence-corrected chi connectivity index (χ2v) is 9.88. The van der Waals surface area contributed by atoms with Gasteiger partial charge in [-0.25, -0.2) is 0 Å². The van der Waals surface area contributed by atoms with Crippen molar-refractivity contribution in [2.45, 2.75) is 13.0 Å². The Labute approximate surface area is 209 Å². The quantitative estimate of drug-likeness (QED) is 0.271. The third-order valence-corrected chi connectivity index (χ3v) is 8.13. The maximum atomic E-state index is 12.8. The number of nitrogens with zero attached hydrogens (tertiary/aromatic N) is 2. The van der Waals surface area contributed by atoms with Gasteiger partial charge < -0.3 is 9.47 Å². The first-order chi connectivity index (χ1) is 15.9. The molecule has 2 fully saturated rings. The van der Waals surface area contributed by atoms with Crippen molar-refractivity contribution >= 4 is 57.2 Å². The maximum Gasteiger partial charge on any atom is 0.254 e. The third kappa shape index (κ3) is 3.86. The van der Waals surface area contributed by atoms with Crippen molar-refractivity contribution in [1.82, 2.24) is 5.01 Å². The van der Waals surface area contributed by atoms with Crippen LogP contribution in [0.3, 0.4) is 0 Å². The molecule has 3 aliphatic rings. The molecule has 0 unspecified atom stereocenters. The zero-order valence-electron chi connectivity index (χ0n) is 17.5. The molecule has 6 nitrogen and oxygen atoms in total. The normalized spacial score (nSPS) is 25.4. The largest absolute Gasteiger partial charge is 0.493 e. The van der Waals surface area contributed by atoms with Crippen molar-refractivity contribution in [3.8, 4) is 11.5 Å². The summed E-state index contributed by atoms with van der Waals surface area (Å²) in [5.74, 6) is -0.0411. The topological polar surface area (TPSA) is 68.2 Å². The number of hydrogen-bond acceptors (Lipinski definition) is 5. The van der Waals surface area contributed by atoms with Crippen molar-refractivity contribution in [2.24, 2.45) is 28.8 Å². The first-order valence-electron chi connectivity index (χ1n) is 10.4. The Balaban J connectivity index is 1.37. The van der Waals surface area contributed by atoms with Crippen LogP contribution in [0.2, 0.25) is 10.0 Å². The summed E-state index contributed by atoms with van der Waals surface area (Å²) < 4.78 is 11.9. The van der Waals surface area contributed by atoms with E-state index in [4.69, 9.17) is 32.7 Å². The number of ether oxygens (including phenoxy) is 2. The van der Waals surface area contributed by atoms with E-state index in [2.05, 4.69) is 21.0 Å². The lowest BCUT2D eigenvalue weighted by molar-refractivity contribution is -0.140. The summed E-state index contributed by atoms with van der Waals surface area (Å²) in [4.78, 5) is 25.7. The van der Waals surface area contributed by atoms with Crippen molar-refractivity contribution in [1.29, 1.82) is 0 Å². The molecular weight excluding hydrogens is 531 g/mol. The highest BCUT2D eigenvalue weighted by molar-refractivity contribution is 9.10. The van der Waals surface area contributed by atoms with Crippen LogP contribution >= 0.6 is 39.1 Å². The predicted octanol–water partition coefficient (Wildman–Crippen LogP) is 5.48. The van der Waals surface area contributed by atoms with Crippen LogP contribution in [0.1, 0.15) is 17.5 Å². The van der Waals surface area contributed by atoms with Gasteiger partial charge in [0.25, 0.3) is 11.8 Å². The Hall–Kier alpha value is -2.35. The molecule has 33 heavy (non-hydrogen) atoms. The van der Waals surface area contributed by atoms with Crippen molar-refractivity contribution in [2.75, 3.05) is 7.11 Å². The first kappa shape index (κ1) is 22.4. The van der Waals surface area contributed by atoms with Crippen LogP contribution in [-0.2, 0) is 16.2 Å². The minimum Gasteiger partial charge on any atom is -0.493 e. The van der Waals surface area contributed by atoms with Gasteiger partial charge in [-0.3, -0.25) is 9.59 Å². The fourth-order valence-corrected chi connectivity index (χ4v) is 5.62. The van der Waals surface area contributed by atoms with Gasteiger partial charge in [-0.15, -0.1) is 0 Å². The summed E-state index contributed by atoms with van der Waals surface area (Å²) in [6.07, 6.45) is 6.41. The Morgan fingerprint density at radius 3 is 2.36 bits per heavy atom. The molecule has 5 rings (SSSR count). The number of hydrazone groups is 1. The number of carbonyl (C=O) groups is 2. The summed E-state index contributed by atoms with van der Waals surface area (Å²) in [6.45, 7) is 0.267. The van der Waals surface area contributed by atoms with E-state index in [0.717, 1.165) is 17.0 Å². The zero-order valence-corrected chi connectivity index (χ0v) is 20.6. The van der Waals surface area contributed by atoms with Crippen molar-refractivity contribution in [3.63, 3.8) is 0 Å². The molecule has 4 atom stereocenters. The first-order valence-corrected chi connectivity index (χ1v) is 12.0. The fourth-order valence-electron chi connectivity index (χ4n) is 4.84. The van der Waals surface area contributed by atoms with E-state index in [0.29, 0.717) is 31.6 Å². The van der Waals surface area contributed by atoms with Gasteiger partial charge in [0.15, 0.2) is 11.5 Å². The van der Waals surface area contributed by atoms with Crippen LogP contribution in [-0.4, -0.2) is 30.1 Å². The van der Waals surface area contributed by atoms with E-state index in [-0.39, 0.29) is 42.1 Å². The van der Waals surface area contributed by atoms with Crippen LogP contribution in [0.4, 0.5) is 0 Å². The molecule has 1 aliphatic heterocycles. The molecule has 0 N–H and O–H groups in total. The number of benzene rings is 2. The summed E-state index contributed by atoms with van der Waals surface area (Å²) in [5, 5.41) is 6.16. The average molecular weight is 550 g/mol. The highest BCUT2D eigenvalue weighted by atomic mass is 79.9. The molecule has 1 saturated heterocycles. The van der Waals surface area contributed by atoms with Crippen molar-refractivity contribution < 1.29 is 19.1 Å². The minimum absolute atomic E-state index is 0.134. The SMILES string of the molecule is COc1cc(C=NN2C(=O)[C@@H]3[C@H](C2=O)[C@H]2C=C[C@H]3C2)c(Br)c(Cl)c1OCc1ccc(Cl)cc1. The molecule has 0 spiro atoms. The molecule has 2 bridgehead atoms. The monoisotopic (exact) mass is 548 g/mol. The van der Waals surface area contributed by atoms with Crippen molar-refractivity contribution in [3.05, 3.63) is 68.1 Å². The van der Waals surface area contributed by atoms with Gasteiger partial charge in [0.05, 0.1) is 25.2 Å². The molecule has 2 aliphatic carbocycles. The number of allylic oxidation sites excluding steroid dienone is 2. The number of imide groups is 1. The molecule has 170 valence electrons. The number of fused-ring (bicyclic) bond motifs is 5. The lowest BCUT2D eigenvalue weighted by Gasteiger charge is -2.16. The second-order valence-electron chi connectivity index (χ2n) is 8.27. The molecular formula is C24H19BrCl2N2O4. The summed E-state index contributed by atoms with van der Waals surface area (Å²) in [5.41, 5.74) is 1.47. The molecule has 2 amide bonds. The molecule has 2 aromatic carbocycles. The van der Waals surface area contributed by atoms with Gasteiger partial charge in [0.1, 0.15) is 11.6 Å². The summed E-state index contributed by atoms with van der Waals surface area (Å²) in [7, 11) is 1.51. The van der Waals surface area contributed by atoms with E-state index in [1.54, 1.807) is 18.2 Å². The van der Waals surface area contributed by atoms with Crippen LogP contribution in [0, 0.1) is 23.7 Å². The second kappa shape index (κ2) is 8.78. The molecule has 1 saturated carbocycles. The van der Waals surface area contributed by atoms with Gasteiger partial charge in [-0.2, -0.15) is 10.1 Å². The molecule has 0 radical (unpaired) electrons. The van der Waals surface area contributed by atoms with Crippen LogP contribution in [0.15, 0.2) is 52.1 Å². The number of methoxy groups -OCH3 is 1. The number of carbonyl (C=O) groups excluding carboxylic acids is 2. The van der Waals surface area contributed by atoms with Gasteiger partial charge in [0, 0.05) is 15.1 Å². The lowest BCUT2D eigenvalue weighted by atomic mass is 9.85. The van der Waals surface area contributed by atoms with Crippen LogP contribution < -0.4 is 9.47 Å². The zero-order chi connectivity index (χ0) is 23.3. The average Bonchev–Trinajstić information content (AvgIpc) is 3.49. The Morgan fingerprint density at radius 1 is 1.12 bits per heavy atom. The van der Waals surface area contributed by atoms with E-state index < -0.39 is 0 Å². The van der Waals surface area contributed by atoms with E-state index in [1.807, 2.05) is 24.3 Å².